The number of carbonyl (C=O) groups is 1. The van der Waals surface area contributed by atoms with Gasteiger partial charge in [-0.15, -0.1) is 0 Å². The maximum atomic E-state index is 10.4. The Hall–Kier alpha value is -0.570. The first kappa shape index (κ1) is 10.4. The fraction of sp³-hybridized carbons (Fsp3) is 0.875. The zero-order valence-electron chi connectivity index (χ0n) is 7.29. The van der Waals surface area contributed by atoms with Crippen LogP contribution in [0.3, 0.4) is 0 Å². The van der Waals surface area contributed by atoms with Crippen molar-refractivity contribution < 1.29 is 15.0 Å². The van der Waals surface area contributed by atoms with Gasteiger partial charge in [0.15, 0.2) is 6.10 Å². The van der Waals surface area contributed by atoms with Crippen LogP contribution in [0, 0.1) is 5.41 Å². The van der Waals surface area contributed by atoms with Gasteiger partial charge in [0.2, 0.25) is 0 Å². The van der Waals surface area contributed by atoms with Gasteiger partial charge >= 0.3 is 5.97 Å². The fourth-order valence-electron chi connectivity index (χ4n) is 0.935. The van der Waals surface area contributed by atoms with Gasteiger partial charge in [0.25, 0.3) is 0 Å². The molecule has 0 radical (unpaired) electrons. The van der Waals surface area contributed by atoms with E-state index in [1.807, 2.05) is 13.8 Å². The van der Waals surface area contributed by atoms with Crippen LogP contribution in [0.2, 0.25) is 0 Å². The number of aliphatic carboxylic acids is 1. The van der Waals surface area contributed by atoms with Crippen molar-refractivity contribution in [1.29, 1.82) is 0 Å². The summed E-state index contributed by atoms with van der Waals surface area (Å²) in [6, 6.07) is 0. The van der Waals surface area contributed by atoms with Crippen LogP contribution in [0.5, 0.6) is 0 Å². The molecule has 0 aromatic carbocycles. The smallest absolute Gasteiger partial charge is 0.333 e. The Bertz CT molecular complexity index is 138. The monoisotopic (exact) mass is 160 g/mol. The SMILES string of the molecule is CCC(C)(CC)C(O)C(=O)O. The van der Waals surface area contributed by atoms with E-state index in [2.05, 4.69) is 0 Å². The highest BCUT2D eigenvalue weighted by Crippen LogP contribution is 2.29. The van der Waals surface area contributed by atoms with Crippen LogP contribution in [-0.2, 0) is 4.79 Å². The van der Waals surface area contributed by atoms with Crippen molar-refractivity contribution in [2.75, 3.05) is 0 Å². The molecule has 0 fully saturated rings. The van der Waals surface area contributed by atoms with Gasteiger partial charge in [-0.25, -0.2) is 4.79 Å². The lowest BCUT2D eigenvalue weighted by Crippen LogP contribution is -2.37. The van der Waals surface area contributed by atoms with Crippen LogP contribution in [0.25, 0.3) is 0 Å². The Morgan fingerprint density at radius 3 is 1.91 bits per heavy atom. The first-order valence-electron chi connectivity index (χ1n) is 3.88. The maximum absolute atomic E-state index is 10.4. The number of carboxylic acids is 1. The molecule has 0 aliphatic carbocycles. The van der Waals surface area contributed by atoms with Crippen LogP contribution in [-0.4, -0.2) is 22.3 Å². The quantitative estimate of drug-likeness (QED) is 0.651. The molecule has 3 heteroatoms. The molecule has 0 spiro atoms. The van der Waals surface area contributed by atoms with E-state index in [1.54, 1.807) is 6.92 Å². The van der Waals surface area contributed by atoms with Crippen LogP contribution >= 0.6 is 0 Å². The van der Waals surface area contributed by atoms with Crippen molar-refractivity contribution in [3.63, 3.8) is 0 Å². The number of aliphatic hydroxyl groups is 1. The van der Waals surface area contributed by atoms with Gasteiger partial charge in [-0.1, -0.05) is 20.8 Å². The number of hydrogen-bond donors (Lipinski definition) is 2. The number of rotatable bonds is 4. The summed E-state index contributed by atoms with van der Waals surface area (Å²) in [6.45, 7) is 5.55. The van der Waals surface area contributed by atoms with E-state index in [1.165, 1.54) is 0 Å². The van der Waals surface area contributed by atoms with E-state index in [4.69, 9.17) is 5.11 Å². The minimum atomic E-state index is -1.24. The second-order valence-electron chi connectivity index (χ2n) is 3.10. The molecular weight excluding hydrogens is 144 g/mol. The van der Waals surface area contributed by atoms with Gasteiger partial charge in [0.05, 0.1) is 0 Å². The minimum absolute atomic E-state index is 0.480. The van der Waals surface area contributed by atoms with Gasteiger partial charge in [0, 0.05) is 5.41 Å². The first-order chi connectivity index (χ1) is 4.98. The van der Waals surface area contributed by atoms with Crippen molar-refractivity contribution in [2.45, 2.75) is 39.7 Å². The highest BCUT2D eigenvalue weighted by Gasteiger charge is 2.34. The molecule has 0 aromatic heterocycles. The van der Waals surface area contributed by atoms with Crippen molar-refractivity contribution >= 4 is 5.97 Å². The zero-order chi connectivity index (χ0) is 9.07. The Balaban J connectivity index is 4.36. The predicted octanol–water partition coefficient (Wildman–Crippen LogP) is 1.26. The normalized spacial score (nSPS) is 14.5. The van der Waals surface area contributed by atoms with Crippen molar-refractivity contribution in [1.82, 2.24) is 0 Å². The molecule has 0 aliphatic heterocycles. The van der Waals surface area contributed by atoms with Crippen molar-refractivity contribution in [2.24, 2.45) is 5.41 Å². The summed E-state index contributed by atoms with van der Waals surface area (Å²) in [5.74, 6) is -1.13. The lowest BCUT2D eigenvalue weighted by Gasteiger charge is -2.29. The summed E-state index contributed by atoms with van der Waals surface area (Å²) in [5.41, 5.74) is -0.480. The average Bonchev–Trinajstić information content (AvgIpc) is 2.01. The molecule has 3 nitrogen and oxygen atoms in total. The third kappa shape index (κ3) is 2.19. The Morgan fingerprint density at radius 1 is 1.45 bits per heavy atom. The topological polar surface area (TPSA) is 57.5 Å². The third-order valence-corrected chi connectivity index (χ3v) is 2.51. The van der Waals surface area contributed by atoms with Gasteiger partial charge in [0.1, 0.15) is 0 Å². The number of aliphatic hydroxyl groups excluding tert-OH is 1. The van der Waals surface area contributed by atoms with Crippen LogP contribution in [0.1, 0.15) is 33.6 Å². The third-order valence-electron chi connectivity index (χ3n) is 2.51. The van der Waals surface area contributed by atoms with Crippen LogP contribution < -0.4 is 0 Å². The van der Waals surface area contributed by atoms with E-state index in [-0.39, 0.29) is 0 Å². The summed E-state index contributed by atoms with van der Waals surface area (Å²) in [6.07, 6.45) is 0.117. The molecule has 11 heavy (non-hydrogen) atoms. The molecule has 0 rings (SSSR count). The van der Waals surface area contributed by atoms with E-state index in [9.17, 15) is 9.90 Å². The van der Waals surface area contributed by atoms with Crippen LogP contribution in [0.4, 0.5) is 0 Å². The minimum Gasteiger partial charge on any atom is -0.479 e. The van der Waals surface area contributed by atoms with Crippen LogP contribution in [0.15, 0.2) is 0 Å². The standard InChI is InChI=1S/C8H16O3/c1-4-8(3,5-2)6(9)7(10)11/h6,9H,4-5H2,1-3H3,(H,10,11). The molecule has 0 amide bonds. The number of hydrogen-bond acceptors (Lipinski definition) is 2. The Kier molecular flexibility index (Phi) is 3.52. The molecule has 0 saturated carbocycles. The van der Waals surface area contributed by atoms with Gasteiger partial charge in [-0.2, -0.15) is 0 Å². The Morgan fingerprint density at radius 2 is 1.82 bits per heavy atom. The Labute approximate surface area is 67.0 Å². The van der Waals surface area contributed by atoms with Gasteiger partial charge < -0.3 is 10.2 Å². The van der Waals surface area contributed by atoms with Gasteiger partial charge in [-0.05, 0) is 12.8 Å². The van der Waals surface area contributed by atoms with E-state index in [0.29, 0.717) is 12.8 Å². The molecule has 2 N–H and O–H groups in total. The largest absolute Gasteiger partial charge is 0.479 e. The van der Waals surface area contributed by atoms with E-state index >= 15 is 0 Å². The molecule has 1 atom stereocenters. The highest BCUT2D eigenvalue weighted by atomic mass is 16.4. The summed E-state index contributed by atoms with van der Waals surface area (Å²) >= 11 is 0. The molecule has 0 saturated heterocycles. The summed E-state index contributed by atoms with van der Waals surface area (Å²) in [7, 11) is 0. The summed E-state index contributed by atoms with van der Waals surface area (Å²) < 4.78 is 0. The average molecular weight is 160 g/mol. The molecule has 0 aliphatic rings. The highest BCUT2D eigenvalue weighted by molar-refractivity contribution is 5.73. The van der Waals surface area contributed by atoms with Crippen molar-refractivity contribution in [3.8, 4) is 0 Å². The molecule has 0 heterocycles. The lowest BCUT2D eigenvalue weighted by molar-refractivity contribution is -0.154. The fourth-order valence-corrected chi connectivity index (χ4v) is 0.935. The van der Waals surface area contributed by atoms with E-state index < -0.39 is 17.5 Å². The van der Waals surface area contributed by atoms with Gasteiger partial charge in [-0.3, -0.25) is 0 Å². The summed E-state index contributed by atoms with van der Waals surface area (Å²) in [5, 5.41) is 17.8. The number of carboxylic acid groups (broad SMARTS) is 1. The second kappa shape index (κ2) is 3.72. The van der Waals surface area contributed by atoms with E-state index in [0.717, 1.165) is 0 Å². The molecule has 66 valence electrons. The summed E-state index contributed by atoms with van der Waals surface area (Å²) in [4.78, 5) is 10.4. The molecular formula is C8H16O3. The molecule has 1 unspecified atom stereocenters. The maximum Gasteiger partial charge on any atom is 0.333 e. The first-order valence-corrected chi connectivity index (χ1v) is 3.88. The second-order valence-corrected chi connectivity index (χ2v) is 3.10. The van der Waals surface area contributed by atoms with Crippen molar-refractivity contribution in [3.05, 3.63) is 0 Å². The predicted molar refractivity (Wildman–Crippen MR) is 42.3 cm³/mol. The lowest BCUT2D eigenvalue weighted by atomic mass is 9.79. The molecule has 0 aromatic rings. The zero-order valence-corrected chi connectivity index (χ0v) is 7.29. The molecule has 0 bridgehead atoms.